The third-order valence-corrected chi connectivity index (χ3v) is 4.79. The van der Waals surface area contributed by atoms with Gasteiger partial charge in [-0.25, -0.2) is 8.78 Å². The molecule has 2 aliphatic heterocycles. The maximum Gasteiger partial charge on any atom is 0.258 e. The molecule has 94 valence electrons. The van der Waals surface area contributed by atoms with Crippen LogP contribution in [-0.2, 0) is 0 Å². The Morgan fingerprint density at radius 2 is 1.62 bits per heavy atom. The van der Waals surface area contributed by atoms with Crippen LogP contribution < -0.4 is 5.32 Å². The minimum atomic E-state index is -2.38. The predicted molar refractivity (Wildman–Crippen MR) is 62.1 cm³/mol. The molecular formula is C12H20ClF2N. The van der Waals surface area contributed by atoms with E-state index in [0.717, 1.165) is 12.8 Å². The predicted octanol–water partition coefficient (Wildman–Crippen LogP) is 3.23. The molecule has 0 radical (unpaired) electrons. The van der Waals surface area contributed by atoms with Crippen LogP contribution in [0.1, 0.15) is 39.5 Å². The number of halogens is 3. The zero-order valence-electron chi connectivity index (χ0n) is 9.80. The van der Waals surface area contributed by atoms with Crippen LogP contribution in [0.25, 0.3) is 0 Å². The second-order valence-corrected chi connectivity index (χ2v) is 6.05. The van der Waals surface area contributed by atoms with Crippen molar-refractivity contribution < 1.29 is 8.78 Å². The van der Waals surface area contributed by atoms with E-state index in [1.807, 2.05) is 13.8 Å². The van der Waals surface area contributed by atoms with Crippen LogP contribution in [0.5, 0.6) is 0 Å². The van der Waals surface area contributed by atoms with Gasteiger partial charge in [0.2, 0.25) is 0 Å². The van der Waals surface area contributed by atoms with Crippen LogP contribution in [0.2, 0.25) is 0 Å². The molecular weight excluding hydrogens is 232 g/mol. The molecule has 2 saturated heterocycles. The Hall–Kier alpha value is 0.110. The third-order valence-electron chi connectivity index (χ3n) is 4.79. The van der Waals surface area contributed by atoms with Gasteiger partial charge in [0, 0.05) is 23.4 Å². The number of hydrogen-bond donors (Lipinski definition) is 1. The summed E-state index contributed by atoms with van der Waals surface area (Å²) in [4.78, 5) is 0. The van der Waals surface area contributed by atoms with E-state index in [0.29, 0.717) is 24.9 Å². The quantitative estimate of drug-likeness (QED) is 0.755. The van der Waals surface area contributed by atoms with Gasteiger partial charge in [-0.3, -0.25) is 0 Å². The van der Waals surface area contributed by atoms with Crippen molar-refractivity contribution in [2.45, 2.75) is 57.5 Å². The second-order valence-electron chi connectivity index (χ2n) is 6.05. The minimum absolute atomic E-state index is 0. The molecule has 3 rings (SSSR count). The molecule has 1 aliphatic carbocycles. The van der Waals surface area contributed by atoms with Gasteiger partial charge in [0.15, 0.2) is 0 Å². The van der Waals surface area contributed by atoms with Crippen LogP contribution in [0, 0.1) is 17.3 Å². The SMILES string of the molecule is CC(C)C1C(F)(F)C12CC1CCC(C2)N1.Cl. The monoisotopic (exact) mass is 251 g/mol. The topological polar surface area (TPSA) is 12.0 Å². The van der Waals surface area contributed by atoms with E-state index in [9.17, 15) is 8.78 Å². The number of piperidine rings is 1. The van der Waals surface area contributed by atoms with E-state index in [1.54, 1.807) is 0 Å². The lowest BCUT2D eigenvalue weighted by molar-refractivity contribution is 0.0368. The van der Waals surface area contributed by atoms with Crippen molar-refractivity contribution in [1.29, 1.82) is 0 Å². The smallest absolute Gasteiger partial charge is 0.258 e. The summed E-state index contributed by atoms with van der Waals surface area (Å²) < 4.78 is 27.9. The average molecular weight is 252 g/mol. The molecule has 1 saturated carbocycles. The molecule has 3 aliphatic rings. The first-order chi connectivity index (χ1) is 6.97. The number of nitrogens with one attached hydrogen (secondary N) is 1. The van der Waals surface area contributed by atoms with E-state index in [1.165, 1.54) is 0 Å². The number of hydrogen-bond acceptors (Lipinski definition) is 1. The summed E-state index contributed by atoms with van der Waals surface area (Å²) in [6.07, 6.45) is 3.62. The summed E-state index contributed by atoms with van der Waals surface area (Å²) in [6.45, 7) is 3.88. The normalized spacial score (nSPS) is 48.2. The highest BCUT2D eigenvalue weighted by Gasteiger charge is 2.81. The largest absolute Gasteiger partial charge is 0.311 e. The Balaban J connectivity index is 0.000000963. The summed E-state index contributed by atoms with van der Waals surface area (Å²) in [6, 6.07) is 0.747. The molecule has 2 heterocycles. The van der Waals surface area contributed by atoms with Crippen molar-refractivity contribution >= 4 is 12.4 Å². The Bertz CT molecular complexity index is 281. The number of rotatable bonds is 1. The zero-order chi connectivity index (χ0) is 10.8. The second kappa shape index (κ2) is 3.55. The first-order valence-electron chi connectivity index (χ1n) is 6.11. The summed E-state index contributed by atoms with van der Waals surface area (Å²) in [5.74, 6) is -2.61. The van der Waals surface area contributed by atoms with E-state index >= 15 is 0 Å². The Morgan fingerprint density at radius 3 is 2.00 bits per heavy atom. The fourth-order valence-electron chi connectivity index (χ4n) is 4.31. The van der Waals surface area contributed by atoms with Crippen LogP contribution in [-0.4, -0.2) is 18.0 Å². The van der Waals surface area contributed by atoms with Gasteiger partial charge in [0.05, 0.1) is 0 Å². The van der Waals surface area contributed by atoms with Gasteiger partial charge in [0.1, 0.15) is 0 Å². The summed E-state index contributed by atoms with van der Waals surface area (Å²) >= 11 is 0. The molecule has 0 aromatic carbocycles. The van der Waals surface area contributed by atoms with Gasteiger partial charge in [-0.2, -0.15) is 0 Å². The van der Waals surface area contributed by atoms with E-state index < -0.39 is 11.3 Å². The average Bonchev–Trinajstić information content (AvgIpc) is 2.42. The highest BCUT2D eigenvalue weighted by atomic mass is 35.5. The molecule has 3 atom stereocenters. The zero-order valence-corrected chi connectivity index (χ0v) is 10.6. The fraction of sp³-hybridized carbons (Fsp3) is 1.00. The third kappa shape index (κ3) is 1.37. The van der Waals surface area contributed by atoms with Gasteiger partial charge < -0.3 is 5.32 Å². The maximum atomic E-state index is 13.9. The summed E-state index contributed by atoms with van der Waals surface area (Å²) in [5.41, 5.74) is -0.627. The lowest BCUT2D eigenvalue weighted by Gasteiger charge is -2.30. The Labute approximate surface area is 102 Å². The van der Waals surface area contributed by atoms with Crippen molar-refractivity contribution in [3.63, 3.8) is 0 Å². The van der Waals surface area contributed by atoms with E-state index in [4.69, 9.17) is 0 Å². The fourth-order valence-corrected chi connectivity index (χ4v) is 4.31. The molecule has 0 aromatic rings. The van der Waals surface area contributed by atoms with Crippen molar-refractivity contribution in [2.75, 3.05) is 0 Å². The Kier molecular flexibility index (Phi) is 2.79. The van der Waals surface area contributed by atoms with Crippen LogP contribution in [0.4, 0.5) is 8.78 Å². The molecule has 2 bridgehead atoms. The van der Waals surface area contributed by atoms with E-state index in [-0.39, 0.29) is 24.2 Å². The van der Waals surface area contributed by atoms with Crippen molar-refractivity contribution in [2.24, 2.45) is 17.3 Å². The molecule has 16 heavy (non-hydrogen) atoms. The summed E-state index contributed by atoms with van der Waals surface area (Å²) in [5, 5.41) is 3.45. The van der Waals surface area contributed by atoms with Crippen LogP contribution in [0.15, 0.2) is 0 Å². The Morgan fingerprint density at radius 1 is 1.12 bits per heavy atom. The lowest BCUT2D eigenvalue weighted by atomic mass is 9.84. The molecule has 1 N–H and O–H groups in total. The molecule has 0 aromatic heterocycles. The van der Waals surface area contributed by atoms with Gasteiger partial charge in [-0.1, -0.05) is 13.8 Å². The molecule has 3 fully saturated rings. The van der Waals surface area contributed by atoms with Gasteiger partial charge >= 0.3 is 0 Å². The standard InChI is InChI=1S/C12H19F2N.ClH/c1-7(2)10-11(12(10,13)14)5-8-3-4-9(6-11)15-8;/h7-10,15H,3-6H2,1-2H3;1H. The molecule has 4 heteroatoms. The van der Waals surface area contributed by atoms with Crippen molar-refractivity contribution in [3.05, 3.63) is 0 Å². The van der Waals surface area contributed by atoms with E-state index in [2.05, 4.69) is 5.32 Å². The van der Waals surface area contributed by atoms with Crippen molar-refractivity contribution in [3.8, 4) is 0 Å². The molecule has 3 unspecified atom stereocenters. The molecule has 1 spiro atoms. The number of alkyl halides is 2. The van der Waals surface area contributed by atoms with Crippen LogP contribution in [0.3, 0.4) is 0 Å². The lowest BCUT2D eigenvalue weighted by Crippen LogP contribution is -2.41. The van der Waals surface area contributed by atoms with Crippen molar-refractivity contribution in [1.82, 2.24) is 5.32 Å². The summed E-state index contributed by atoms with van der Waals surface area (Å²) in [7, 11) is 0. The molecule has 1 nitrogen and oxygen atoms in total. The maximum absolute atomic E-state index is 13.9. The highest BCUT2D eigenvalue weighted by Crippen LogP contribution is 2.74. The van der Waals surface area contributed by atoms with Gasteiger partial charge in [-0.05, 0) is 31.6 Å². The molecule has 0 amide bonds. The highest BCUT2D eigenvalue weighted by molar-refractivity contribution is 5.85. The number of fused-ring (bicyclic) bond motifs is 2. The first kappa shape index (κ1) is 12.6. The van der Waals surface area contributed by atoms with Gasteiger partial charge in [-0.15, -0.1) is 12.4 Å². The van der Waals surface area contributed by atoms with Crippen LogP contribution >= 0.6 is 12.4 Å². The van der Waals surface area contributed by atoms with Gasteiger partial charge in [0.25, 0.3) is 5.92 Å². The minimum Gasteiger partial charge on any atom is -0.311 e. The first-order valence-corrected chi connectivity index (χ1v) is 6.11.